The number of fused-ring (bicyclic) bond motifs is 5. The quantitative estimate of drug-likeness (QED) is 0.183. The van der Waals surface area contributed by atoms with Crippen LogP contribution < -0.4 is 0 Å². The Balaban J connectivity index is 1.58. The third-order valence-electron chi connectivity index (χ3n) is 7.19. The molecule has 0 spiro atoms. The number of hydrogen-bond acceptors (Lipinski definition) is 1. The number of hydrogen-bond donors (Lipinski definition) is 0. The van der Waals surface area contributed by atoms with Crippen molar-refractivity contribution in [1.82, 2.24) is 0 Å². The van der Waals surface area contributed by atoms with Crippen LogP contribution in [0.1, 0.15) is 37.0 Å². The molecule has 0 aliphatic heterocycles. The summed E-state index contributed by atoms with van der Waals surface area (Å²) in [7, 11) is 0. The van der Waals surface area contributed by atoms with Gasteiger partial charge in [0.1, 0.15) is 11.2 Å². The lowest BCUT2D eigenvalue weighted by Gasteiger charge is -2.18. The van der Waals surface area contributed by atoms with Gasteiger partial charge in [-0.15, -0.1) is 0 Å². The summed E-state index contributed by atoms with van der Waals surface area (Å²) < 4.78 is 246. The van der Waals surface area contributed by atoms with Crippen LogP contribution in [0.3, 0.4) is 0 Å². The van der Waals surface area contributed by atoms with E-state index in [1.54, 1.807) is 0 Å². The molecule has 0 bridgehead atoms. The zero-order chi connectivity index (χ0) is 53.2. The Morgan fingerprint density at radius 1 is 0.378 bits per heavy atom. The van der Waals surface area contributed by atoms with Crippen molar-refractivity contribution in [2.75, 3.05) is 0 Å². The van der Waals surface area contributed by atoms with E-state index in [0.29, 0.717) is 0 Å². The van der Waals surface area contributed by atoms with Crippen molar-refractivity contribution < 1.29 is 41.4 Å². The highest BCUT2D eigenvalue weighted by atomic mass is 16.3. The minimum absolute atomic E-state index is 0.491. The predicted octanol–water partition coefficient (Wildman–Crippen LogP) is 12.6. The van der Waals surface area contributed by atoms with E-state index in [-0.39, 0.29) is 0 Å². The Morgan fingerprint density at radius 2 is 0.867 bits per heavy atom. The van der Waals surface area contributed by atoms with Crippen molar-refractivity contribution in [3.05, 3.63) is 169 Å². The second kappa shape index (κ2) is 10.4. The Bertz CT molecular complexity index is 3920. The van der Waals surface area contributed by atoms with E-state index >= 15 is 0 Å². The molecule has 0 saturated carbocycles. The molecule has 9 rings (SSSR count). The molecule has 0 N–H and O–H groups in total. The zero-order valence-corrected chi connectivity index (χ0v) is 22.5. The Kier molecular flexibility index (Phi) is 2.38. The summed E-state index contributed by atoms with van der Waals surface area (Å²) in [5.74, 6) is 0. The first kappa shape index (κ1) is 10.3. The van der Waals surface area contributed by atoms with Gasteiger partial charge in [-0.2, -0.15) is 0 Å². The topological polar surface area (TPSA) is 13.1 Å². The lowest BCUT2D eigenvalue weighted by atomic mass is 9.85. The van der Waals surface area contributed by atoms with Crippen molar-refractivity contribution >= 4 is 43.5 Å². The van der Waals surface area contributed by atoms with Crippen LogP contribution in [0.15, 0.2) is 174 Å². The second-order valence-electron chi connectivity index (χ2n) is 9.59. The van der Waals surface area contributed by atoms with Crippen molar-refractivity contribution in [1.29, 1.82) is 0 Å². The largest absolute Gasteiger partial charge is 0.455 e. The van der Waals surface area contributed by atoms with Crippen LogP contribution in [0.2, 0.25) is 0 Å². The van der Waals surface area contributed by atoms with Crippen molar-refractivity contribution in [3.8, 4) is 44.5 Å². The smallest absolute Gasteiger partial charge is 0.143 e. The molecule has 9 aromatic rings. The summed E-state index contributed by atoms with van der Waals surface area (Å²) in [6.07, 6.45) is 0. The van der Waals surface area contributed by atoms with Crippen LogP contribution >= 0.6 is 0 Å². The first-order valence-corrected chi connectivity index (χ1v) is 13.2. The minimum atomic E-state index is -0.972. The number of benzene rings is 8. The normalized spacial score (nSPS) is 20.0. The van der Waals surface area contributed by atoms with Gasteiger partial charge in [0.15, 0.2) is 0 Å². The standard InChI is InChI=1S/C44H28O/c1-3-14-29(15-4-1)33-26-27-34(44-43(33)39-24-11-12-25-40(39)45-44)31-18-13-19-32(28-31)42-37-22-9-7-20-35(37)41(30-16-5-2-6-17-30)36-21-8-10-23-38(36)42/h1-28H/i1D,2D,3D,4D,5D,6D,7D,8D,9D,10D,11D,12D,13D,14D,15D,16D,17D,19D,20D,21D,22D,23D,24D,25D,26D,27D,28D. The maximum Gasteiger partial charge on any atom is 0.143 e. The van der Waals surface area contributed by atoms with E-state index < -0.39 is 251 Å². The molecule has 0 radical (unpaired) electrons. The molecule has 1 heteroatoms. The highest BCUT2D eigenvalue weighted by molar-refractivity contribution is 6.22. The molecule has 1 nitrogen and oxygen atoms in total. The van der Waals surface area contributed by atoms with Gasteiger partial charge in [0, 0.05) is 16.3 Å². The van der Waals surface area contributed by atoms with Crippen LogP contribution in [-0.2, 0) is 0 Å². The highest BCUT2D eigenvalue weighted by Crippen LogP contribution is 2.46. The summed E-state index contributed by atoms with van der Waals surface area (Å²) >= 11 is 0. The fraction of sp³-hybridized carbons (Fsp3) is 0. The number of para-hydroxylation sites is 1. The molecule has 8 aromatic carbocycles. The van der Waals surface area contributed by atoms with E-state index in [9.17, 15) is 12.3 Å². The summed E-state index contributed by atoms with van der Waals surface area (Å²) in [4.78, 5) is 0. The Morgan fingerprint density at radius 3 is 1.51 bits per heavy atom. The summed E-state index contributed by atoms with van der Waals surface area (Å²) in [5.41, 5.74) is -6.75. The molecule has 0 saturated heterocycles. The highest BCUT2D eigenvalue weighted by Gasteiger charge is 2.19. The molecule has 0 amide bonds. The predicted molar refractivity (Wildman–Crippen MR) is 190 cm³/mol. The fourth-order valence-electron chi connectivity index (χ4n) is 5.37. The molecule has 1 aromatic heterocycles. The van der Waals surface area contributed by atoms with Crippen LogP contribution in [0.4, 0.5) is 0 Å². The van der Waals surface area contributed by atoms with Gasteiger partial charge in [0.05, 0.1) is 37.0 Å². The van der Waals surface area contributed by atoms with Gasteiger partial charge in [-0.05, 0) is 78.6 Å². The molecule has 45 heavy (non-hydrogen) atoms. The lowest BCUT2D eigenvalue weighted by molar-refractivity contribution is 0.670. The maximum atomic E-state index is 9.94. The third-order valence-corrected chi connectivity index (χ3v) is 7.19. The van der Waals surface area contributed by atoms with E-state index in [2.05, 4.69) is 0 Å². The van der Waals surface area contributed by atoms with Gasteiger partial charge in [-0.3, -0.25) is 0 Å². The van der Waals surface area contributed by atoms with Gasteiger partial charge < -0.3 is 4.42 Å². The summed E-state index contributed by atoms with van der Waals surface area (Å²) in [6, 6.07) is -23.6. The monoisotopic (exact) mass is 599 g/mol. The Labute approximate surface area is 299 Å². The van der Waals surface area contributed by atoms with E-state index in [1.165, 1.54) is 0 Å². The van der Waals surface area contributed by atoms with Crippen molar-refractivity contribution in [2.24, 2.45) is 0 Å². The van der Waals surface area contributed by atoms with Gasteiger partial charge in [0.25, 0.3) is 0 Å². The molecule has 210 valence electrons. The molecule has 0 fully saturated rings. The van der Waals surface area contributed by atoms with E-state index in [0.717, 1.165) is 6.07 Å². The molecule has 0 atom stereocenters. The van der Waals surface area contributed by atoms with Crippen molar-refractivity contribution in [2.45, 2.75) is 0 Å². The molecule has 0 aliphatic rings. The molecule has 1 heterocycles. The minimum Gasteiger partial charge on any atom is -0.455 e. The molecular formula is C44H28O. The summed E-state index contributed by atoms with van der Waals surface area (Å²) in [6.45, 7) is 0. The molecule has 0 aliphatic carbocycles. The lowest BCUT2D eigenvalue weighted by Crippen LogP contribution is -1.91. The SMILES string of the molecule is [2H]c1cc(-c2c([2H])c([2H])c(-c3c([2H])c([2H])c([2H])c([2H])c3[2H])c3c2oc2c([2H])c([2H])c([2H])c([2H])c23)c([2H])c(-c2c3c([2H])c([2H])c([2H])c([2H])c3c(-c3c([2H])c([2H])c([2H])c([2H])c3[2H])c3c([2H])c([2H])c([2H])c([2H])c23)c1[2H]. The summed E-state index contributed by atoms with van der Waals surface area (Å²) in [5, 5.41) is -3.79. The van der Waals surface area contributed by atoms with E-state index in [4.69, 9.17) is 29.1 Å². The van der Waals surface area contributed by atoms with Crippen LogP contribution in [0.5, 0.6) is 0 Å². The number of furan rings is 1. The first-order chi connectivity index (χ1) is 33.6. The van der Waals surface area contributed by atoms with Crippen LogP contribution in [0.25, 0.3) is 88.0 Å². The maximum absolute atomic E-state index is 9.94. The Hall–Kier alpha value is -5.92. The second-order valence-corrected chi connectivity index (χ2v) is 9.59. The van der Waals surface area contributed by atoms with E-state index in [1.807, 2.05) is 0 Å². The van der Waals surface area contributed by atoms with Gasteiger partial charge in [-0.1, -0.05) is 151 Å². The van der Waals surface area contributed by atoms with Crippen LogP contribution in [-0.4, -0.2) is 0 Å². The van der Waals surface area contributed by atoms with Crippen molar-refractivity contribution in [3.63, 3.8) is 0 Å². The van der Waals surface area contributed by atoms with Crippen LogP contribution in [0, 0.1) is 0 Å². The van der Waals surface area contributed by atoms with Gasteiger partial charge >= 0.3 is 0 Å². The fourth-order valence-corrected chi connectivity index (χ4v) is 5.37. The molecular weight excluding hydrogens is 544 g/mol. The first-order valence-electron chi connectivity index (χ1n) is 26.7. The average molecular weight is 600 g/mol. The third kappa shape index (κ3) is 4.09. The van der Waals surface area contributed by atoms with Gasteiger partial charge in [0.2, 0.25) is 0 Å². The van der Waals surface area contributed by atoms with Gasteiger partial charge in [-0.25, -0.2) is 0 Å². The molecule has 0 unspecified atom stereocenters. The number of rotatable bonds is 4. The average Bonchev–Trinajstić information content (AvgIpc) is 3.74. The zero-order valence-electron chi connectivity index (χ0n) is 49.5.